The maximum Gasteiger partial charge on any atom is 0.409 e. The molecular formula is C22H24ClF2NO4S. The smallest absolute Gasteiger partial charge is 0.409 e. The Balaban J connectivity index is 1.91. The van der Waals surface area contributed by atoms with Crippen LogP contribution in [0.2, 0.25) is 5.02 Å². The number of ether oxygens (including phenoxy) is 1. The van der Waals surface area contributed by atoms with Crippen LogP contribution in [0.5, 0.6) is 0 Å². The highest BCUT2D eigenvalue weighted by molar-refractivity contribution is 7.91. The molecule has 1 fully saturated rings. The molecule has 2 aromatic rings. The number of likely N-dealkylation sites (tertiary alicyclic amines) is 1. The lowest BCUT2D eigenvalue weighted by atomic mass is 10.0. The van der Waals surface area contributed by atoms with Gasteiger partial charge in [-0.15, -0.1) is 0 Å². The van der Waals surface area contributed by atoms with Crippen LogP contribution in [-0.4, -0.2) is 39.1 Å². The minimum absolute atomic E-state index is 0.0835. The van der Waals surface area contributed by atoms with Gasteiger partial charge in [-0.25, -0.2) is 22.0 Å². The van der Waals surface area contributed by atoms with Crippen LogP contribution in [0.4, 0.5) is 13.6 Å². The number of carbonyl (C=O) groups excluding carboxylic acids is 1. The fraction of sp³-hybridized carbons (Fsp3) is 0.409. The predicted molar refractivity (Wildman–Crippen MR) is 114 cm³/mol. The first-order valence-corrected chi connectivity index (χ1v) is 12.0. The first-order valence-electron chi connectivity index (χ1n) is 10.1. The summed E-state index contributed by atoms with van der Waals surface area (Å²) in [4.78, 5) is 13.8. The second kappa shape index (κ2) is 9.96. The molecule has 1 aliphatic heterocycles. The lowest BCUT2D eigenvalue weighted by molar-refractivity contribution is 0.0827. The van der Waals surface area contributed by atoms with Gasteiger partial charge in [0, 0.05) is 29.6 Å². The van der Waals surface area contributed by atoms with Crippen molar-refractivity contribution in [3.05, 3.63) is 64.7 Å². The van der Waals surface area contributed by atoms with Gasteiger partial charge >= 0.3 is 6.09 Å². The summed E-state index contributed by atoms with van der Waals surface area (Å²) in [6, 6.07) is 8.13. The molecule has 2 aromatic carbocycles. The Morgan fingerprint density at radius 2 is 1.74 bits per heavy atom. The van der Waals surface area contributed by atoms with E-state index in [1.165, 1.54) is 31.2 Å². The lowest BCUT2D eigenvalue weighted by Crippen LogP contribution is -2.37. The van der Waals surface area contributed by atoms with Gasteiger partial charge in [-0.1, -0.05) is 18.5 Å². The first kappa shape index (κ1) is 23.5. The van der Waals surface area contributed by atoms with Crippen LogP contribution in [0.25, 0.3) is 0 Å². The second-order valence-electron chi connectivity index (χ2n) is 7.69. The van der Waals surface area contributed by atoms with Crippen molar-refractivity contribution in [1.82, 2.24) is 4.90 Å². The number of nitrogens with zero attached hydrogens (tertiary/aromatic N) is 1. The number of piperidine rings is 1. The quantitative estimate of drug-likeness (QED) is 0.566. The van der Waals surface area contributed by atoms with Crippen molar-refractivity contribution in [2.24, 2.45) is 5.92 Å². The average Bonchev–Trinajstić information content (AvgIpc) is 2.75. The van der Waals surface area contributed by atoms with Crippen LogP contribution < -0.4 is 0 Å². The third kappa shape index (κ3) is 5.54. The van der Waals surface area contributed by atoms with Gasteiger partial charge in [-0.05, 0) is 61.7 Å². The molecule has 31 heavy (non-hydrogen) atoms. The summed E-state index contributed by atoms with van der Waals surface area (Å²) in [6.07, 6.45) is 2.27. The number of hydrogen-bond acceptors (Lipinski definition) is 4. The van der Waals surface area contributed by atoms with Crippen LogP contribution >= 0.6 is 11.6 Å². The zero-order valence-corrected chi connectivity index (χ0v) is 18.6. The second-order valence-corrected chi connectivity index (χ2v) is 10.2. The van der Waals surface area contributed by atoms with Gasteiger partial charge in [0.05, 0.1) is 16.8 Å². The van der Waals surface area contributed by atoms with E-state index < -0.39 is 38.7 Å². The van der Waals surface area contributed by atoms with Crippen molar-refractivity contribution in [2.75, 3.05) is 19.7 Å². The molecule has 9 heteroatoms. The fourth-order valence-corrected chi connectivity index (χ4v) is 5.88. The fourth-order valence-electron chi connectivity index (χ4n) is 3.74. The van der Waals surface area contributed by atoms with Crippen LogP contribution in [0, 0.1) is 17.6 Å². The van der Waals surface area contributed by atoms with Crippen molar-refractivity contribution in [1.29, 1.82) is 0 Å². The molecular weight excluding hydrogens is 448 g/mol. The first-order chi connectivity index (χ1) is 14.7. The van der Waals surface area contributed by atoms with Crippen molar-refractivity contribution >= 4 is 27.5 Å². The van der Waals surface area contributed by atoms with E-state index in [1.54, 1.807) is 4.90 Å². The lowest BCUT2D eigenvalue weighted by Gasteiger charge is -2.28. The molecule has 0 spiro atoms. The van der Waals surface area contributed by atoms with E-state index in [-0.39, 0.29) is 17.1 Å². The molecule has 0 unspecified atom stereocenters. The molecule has 5 nitrogen and oxygen atoms in total. The number of hydrogen-bond donors (Lipinski definition) is 0. The van der Waals surface area contributed by atoms with E-state index in [9.17, 15) is 22.0 Å². The summed E-state index contributed by atoms with van der Waals surface area (Å²) < 4.78 is 60.7. The number of carbonyl (C=O) groups is 1. The number of benzene rings is 2. The molecule has 1 aliphatic rings. The van der Waals surface area contributed by atoms with Gasteiger partial charge in [0.2, 0.25) is 0 Å². The van der Waals surface area contributed by atoms with Crippen LogP contribution in [0.15, 0.2) is 47.4 Å². The summed E-state index contributed by atoms with van der Waals surface area (Å²) in [7, 11) is -4.15. The van der Waals surface area contributed by atoms with Crippen LogP contribution in [0.1, 0.15) is 37.0 Å². The van der Waals surface area contributed by atoms with E-state index in [0.717, 1.165) is 37.5 Å². The Labute approximate surface area is 185 Å². The van der Waals surface area contributed by atoms with E-state index >= 15 is 0 Å². The van der Waals surface area contributed by atoms with Crippen molar-refractivity contribution < 1.29 is 26.7 Å². The van der Waals surface area contributed by atoms with Gasteiger partial charge in [0.25, 0.3) is 0 Å². The highest BCUT2D eigenvalue weighted by Gasteiger charge is 2.37. The van der Waals surface area contributed by atoms with E-state index in [0.29, 0.717) is 18.1 Å². The van der Waals surface area contributed by atoms with Gasteiger partial charge in [-0.3, -0.25) is 0 Å². The Morgan fingerprint density at radius 3 is 2.39 bits per heavy atom. The van der Waals surface area contributed by atoms with E-state index in [1.807, 2.05) is 0 Å². The molecule has 1 heterocycles. The minimum atomic E-state index is -4.15. The SMILES string of the molecule is C[C@H](COC(=O)N1CCCCC1)[C@@H](c1cc(F)ccc1F)S(=O)(=O)c1ccc(Cl)cc1. The van der Waals surface area contributed by atoms with Crippen molar-refractivity contribution in [3.63, 3.8) is 0 Å². The summed E-state index contributed by atoms with van der Waals surface area (Å²) in [5.41, 5.74) is -0.309. The summed E-state index contributed by atoms with van der Waals surface area (Å²) in [5, 5.41) is -1.12. The average molecular weight is 472 g/mol. The molecule has 2 atom stereocenters. The molecule has 0 radical (unpaired) electrons. The van der Waals surface area contributed by atoms with Gasteiger partial charge in [-0.2, -0.15) is 0 Å². The predicted octanol–water partition coefficient (Wildman–Crippen LogP) is 5.39. The van der Waals surface area contributed by atoms with Crippen molar-refractivity contribution in [3.8, 4) is 0 Å². The molecule has 168 valence electrons. The van der Waals surface area contributed by atoms with Gasteiger partial charge in [0.1, 0.15) is 11.6 Å². The summed E-state index contributed by atoms with van der Waals surface area (Å²) in [5.74, 6) is -2.45. The number of sulfone groups is 1. The monoisotopic (exact) mass is 471 g/mol. The van der Waals surface area contributed by atoms with Gasteiger partial charge < -0.3 is 9.64 Å². The minimum Gasteiger partial charge on any atom is -0.449 e. The molecule has 0 aromatic heterocycles. The molecule has 1 amide bonds. The third-order valence-electron chi connectivity index (χ3n) is 5.34. The molecule has 0 aliphatic carbocycles. The normalized spacial score (nSPS) is 16.6. The number of rotatable bonds is 6. The Kier molecular flexibility index (Phi) is 7.54. The number of amides is 1. The summed E-state index contributed by atoms with van der Waals surface area (Å²) >= 11 is 5.86. The van der Waals surface area contributed by atoms with Crippen LogP contribution in [-0.2, 0) is 14.6 Å². The zero-order chi connectivity index (χ0) is 22.6. The van der Waals surface area contributed by atoms with Gasteiger partial charge in [0.15, 0.2) is 9.84 Å². The van der Waals surface area contributed by atoms with Crippen molar-refractivity contribution in [2.45, 2.75) is 36.3 Å². The maximum atomic E-state index is 14.6. The topological polar surface area (TPSA) is 63.7 Å². The largest absolute Gasteiger partial charge is 0.449 e. The highest BCUT2D eigenvalue weighted by atomic mass is 35.5. The Morgan fingerprint density at radius 1 is 1.10 bits per heavy atom. The standard InChI is InChI=1S/C22H24ClF2NO4S/c1-15(14-30-22(27)26-11-3-2-4-12-26)21(19-13-17(24)7-10-20(19)25)31(28,29)18-8-5-16(23)6-9-18/h5-10,13,15,21H,2-4,11-12,14H2,1H3/t15-,21+/m1/s1. The number of halogens is 3. The Bertz CT molecular complexity index is 1020. The molecule has 0 bridgehead atoms. The van der Waals surface area contributed by atoms with E-state index in [2.05, 4.69) is 0 Å². The molecule has 1 saturated heterocycles. The maximum absolute atomic E-state index is 14.6. The molecule has 0 saturated carbocycles. The van der Waals surface area contributed by atoms with E-state index in [4.69, 9.17) is 16.3 Å². The molecule has 3 rings (SSSR count). The summed E-state index contributed by atoms with van der Waals surface area (Å²) in [6.45, 7) is 2.44. The molecule has 0 N–H and O–H groups in total. The third-order valence-corrected chi connectivity index (χ3v) is 7.91. The van der Waals surface area contributed by atoms with Crippen LogP contribution in [0.3, 0.4) is 0 Å². The Hall–Kier alpha value is -2.19. The zero-order valence-electron chi connectivity index (χ0n) is 17.1. The highest BCUT2D eigenvalue weighted by Crippen LogP contribution is 2.37.